The summed E-state index contributed by atoms with van der Waals surface area (Å²) < 4.78 is 0. The van der Waals surface area contributed by atoms with E-state index in [0.29, 0.717) is 16.3 Å². The molecule has 1 aliphatic rings. The summed E-state index contributed by atoms with van der Waals surface area (Å²) in [6.07, 6.45) is 4.99. The number of hydrogen-bond acceptors (Lipinski definition) is 4. The molecule has 0 spiro atoms. The molecule has 1 amide bonds. The number of anilines is 1. The Labute approximate surface area is 127 Å². The second kappa shape index (κ2) is 7.13. The molecule has 0 fully saturated rings. The molecule has 1 aromatic rings. The minimum Gasteiger partial charge on any atom is -0.478 e. The zero-order valence-electron chi connectivity index (χ0n) is 11.5. The van der Waals surface area contributed by atoms with Crippen LogP contribution >= 0.6 is 23.1 Å². The van der Waals surface area contributed by atoms with Gasteiger partial charge in [-0.15, -0.1) is 11.3 Å². The highest BCUT2D eigenvalue weighted by Gasteiger charge is 2.26. The number of aryl methyl sites for hydroxylation is 1. The number of thiophene rings is 1. The van der Waals surface area contributed by atoms with E-state index in [-0.39, 0.29) is 5.91 Å². The van der Waals surface area contributed by atoms with Gasteiger partial charge < -0.3 is 10.4 Å². The van der Waals surface area contributed by atoms with Crippen molar-refractivity contribution in [1.29, 1.82) is 0 Å². The van der Waals surface area contributed by atoms with Crippen molar-refractivity contribution in [3.05, 3.63) is 16.0 Å². The minimum absolute atomic E-state index is 0.103. The van der Waals surface area contributed by atoms with Crippen molar-refractivity contribution in [1.82, 2.24) is 0 Å². The van der Waals surface area contributed by atoms with Crippen molar-refractivity contribution in [3.8, 4) is 0 Å². The third-order valence-electron chi connectivity index (χ3n) is 3.26. The van der Waals surface area contributed by atoms with Gasteiger partial charge in [0.2, 0.25) is 5.91 Å². The largest absolute Gasteiger partial charge is 0.478 e. The SMILES string of the molecule is CCCCSCC(=O)Nc1sc2c(c1C(=O)O)CCC2. The number of nitrogens with one attached hydrogen (secondary N) is 1. The number of rotatable bonds is 7. The summed E-state index contributed by atoms with van der Waals surface area (Å²) >= 11 is 3.02. The first kappa shape index (κ1) is 15.4. The van der Waals surface area contributed by atoms with Crippen LogP contribution in [-0.4, -0.2) is 28.5 Å². The van der Waals surface area contributed by atoms with Crippen LogP contribution in [0.4, 0.5) is 5.00 Å². The summed E-state index contributed by atoms with van der Waals surface area (Å²) in [5.74, 6) is 0.324. The van der Waals surface area contributed by atoms with Crippen LogP contribution in [-0.2, 0) is 17.6 Å². The first-order chi connectivity index (χ1) is 9.63. The highest BCUT2D eigenvalue weighted by atomic mass is 32.2. The van der Waals surface area contributed by atoms with Gasteiger partial charge in [0, 0.05) is 4.88 Å². The van der Waals surface area contributed by atoms with Crippen molar-refractivity contribution in [2.45, 2.75) is 39.0 Å². The molecule has 0 bridgehead atoms. The molecule has 1 heterocycles. The Kier molecular flexibility index (Phi) is 5.48. The second-order valence-corrected chi connectivity index (χ2v) is 7.03. The molecule has 1 aliphatic carbocycles. The van der Waals surface area contributed by atoms with E-state index in [1.54, 1.807) is 11.8 Å². The fourth-order valence-corrected chi connectivity index (χ4v) is 4.48. The van der Waals surface area contributed by atoms with E-state index in [2.05, 4.69) is 12.2 Å². The summed E-state index contributed by atoms with van der Waals surface area (Å²) in [6.45, 7) is 2.12. The molecule has 4 nitrogen and oxygen atoms in total. The smallest absolute Gasteiger partial charge is 0.339 e. The zero-order chi connectivity index (χ0) is 14.5. The maximum atomic E-state index is 11.9. The highest BCUT2D eigenvalue weighted by molar-refractivity contribution is 7.99. The average molecular weight is 313 g/mol. The van der Waals surface area contributed by atoms with E-state index >= 15 is 0 Å². The molecule has 2 rings (SSSR count). The zero-order valence-corrected chi connectivity index (χ0v) is 13.2. The molecule has 0 aromatic carbocycles. The van der Waals surface area contributed by atoms with E-state index in [1.807, 2.05) is 0 Å². The summed E-state index contributed by atoms with van der Waals surface area (Å²) in [4.78, 5) is 24.4. The lowest BCUT2D eigenvalue weighted by molar-refractivity contribution is -0.113. The number of carboxylic acids is 1. The maximum Gasteiger partial charge on any atom is 0.339 e. The van der Waals surface area contributed by atoms with Gasteiger partial charge in [0.25, 0.3) is 0 Å². The first-order valence-electron chi connectivity index (χ1n) is 6.89. The van der Waals surface area contributed by atoms with Crippen LogP contribution in [0.5, 0.6) is 0 Å². The van der Waals surface area contributed by atoms with E-state index in [0.717, 1.165) is 48.3 Å². The Hall–Kier alpha value is -1.01. The number of aromatic carboxylic acids is 1. The normalized spacial score (nSPS) is 13.2. The fourth-order valence-electron chi connectivity index (χ4n) is 2.29. The van der Waals surface area contributed by atoms with Crippen LogP contribution in [0.25, 0.3) is 0 Å². The van der Waals surface area contributed by atoms with Crippen LogP contribution in [0.15, 0.2) is 0 Å². The second-order valence-electron chi connectivity index (χ2n) is 4.82. The van der Waals surface area contributed by atoms with Gasteiger partial charge in [-0.2, -0.15) is 11.8 Å². The highest BCUT2D eigenvalue weighted by Crippen LogP contribution is 2.39. The molecule has 0 saturated carbocycles. The lowest BCUT2D eigenvalue weighted by Gasteiger charge is -2.05. The maximum absolute atomic E-state index is 11.9. The van der Waals surface area contributed by atoms with E-state index < -0.39 is 5.97 Å². The molecule has 6 heteroatoms. The van der Waals surface area contributed by atoms with Crippen LogP contribution in [0, 0.1) is 0 Å². The number of thioether (sulfide) groups is 1. The molecular weight excluding hydrogens is 294 g/mol. The Morgan fingerprint density at radius 1 is 1.40 bits per heavy atom. The van der Waals surface area contributed by atoms with Crippen molar-refractivity contribution in [3.63, 3.8) is 0 Å². The van der Waals surface area contributed by atoms with Gasteiger partial charge >= 0.3 is 5.97 Å². The van der Waals surface area contributed by atoms with Crippen molar-refractivity contribution in [2.75, 3.05) is 16.8 Å². The van der Waals surface area contributed by atoms with E-state index in [4.69, 9.17) is 0 Å². The standard InChI is InChI=1S/C14H19NO3S2/c1-2-3-7-19-8-11(16)15-13-12(14(17)18)9-5-4-6-10(9)20-13/h2-8H2,1H3,(H,15,16)(H,17,18). The average Bonchev–Trinajstić information content (AvgIpc) is 2.94. The Balaban J connectivity index is 1.99. The van der Waals surface area contributed by atoms with E-state index in [1.165, 1.54) is 11.3 Å². The topological polar surface area (TPSA) is 66.4 Å². The number of carbonyl (C=O) groups excluding carboxylic acids is 1. The van der Waals surface area contributed by atoms with Gasteiger partial charge in [-0.3, -0.25) is 4.79 Å². The summed E-state index contributed by atoms with van der Waals surface area (Å²) in [7, 11) is 0. The third-order valence-corrected chi connectivity index (χ3v) is 5.51. The van der Waals surface area contributed by atoms with Gasteiger partial charge in [0.05, 0.1) is 11.3 Å². The number of hydrogen-bond donors (Lipinski definition) is 2. The number of unbranched alkanes of at least 4 members (excludes halogenated alkanes) is 1. The minimum atomic E-state index is -0.932. The molecule has 0 unspecified atom stereocenters. The fraction of sp³-hybridized carbons (Fsp3) is 0.571. The number of fused-ring (bicyclic) bond motifs is 1. The molecule has 20 heavy (non-hydrogen) atoms. The number of carboxylic acid groups (broad SMARTS) is 1. The first-order valence-corrected chi connectivity index (χ1v) is 8.86. The lowest BCUT2D eigenvalue weighted by Crippen LogP contribution is -2.16. The predicted molar refractivity (Wildman–Crippen MR) is 84.2 cm³/mol. The van der Waals surface area contributed by atoms with E-state index in [9.17, 15) is 14.7 Å². The summed E-state index contributed by atoms with van der Waals surface area (Å²) in [5, 5.41) is 12.6. The Bertz CT molecular complexity index is 511. The molecule has 1 aromatic heterocycles. The van der Waals surface area contributed by atoms with Gasteiger partial charge in [0.15, 0.2) is 0 Å². The molecule has 0 atom stereocenters. The van der Waals surface area contributed by atoms with Crippen LogP contribution in [0.1, 0.15) is 47.0 Å². The quantitative estimate of drug-likeness (QED) is 0.757. The van der Waals surface area contributed by atoms with Crippen molar-refractivity contribution < 1.29 is 14.7 Å². The molecule has 0 radical (unpaired) electrons. The van der Waals surface area contributed by atoms with Gasteiger partial charge in [-0.25, -0.2) is 4.79 Å². The summed E-state index contributed by atoms with van der Waals surface area (Å²) in [5.41, 5.74) is 1.24. The van der Waals surface area contributed by atoms with Crippen LogP contribution in [0.3, 0.4) is 0 Å². The van der Waals surface area contributed by atoms with Gasteiger partial charge in [-0.1, -0.05) is 13.3 Å². The number of carbonyl (C=O) groups is 2. The van der Waals surface area contributed by atoms with Crippen molar-refractivity contribution in [2.24, 2.45) is 0 Å². The Morgan fingerprint density at radius 3 is 2.90 bits per heavy atom. The summed E-state index contributed by atoms with van der Waals surface area (Å²) in [6, 6.07) is 0. The number of amides is 1. The molecule has 2 N–H and O–H groups in total. The molecule has 110 valence electrons. The van der Waals surface area contributed by atoms with Crippen molar-refractivity contribution >= 4 is 40.0 Å². The molecule has 0 aliphatic heterocycles. The third kappa shape index (κ3) is 3.55. The Morgan fingerprint density at radius 2 is 2.20 bits per heavy atom. The van der Waals surface area contributed by atoms with Gasteiger partial charge in [0.1, 0.15) is 5.00 Å². The molecule has 0 saturated heterocycles. The lowest BCUT2D eigenvalue weighted by atomic mass is 10.1. The van der Waals surface area contributed by atoms with Crippen LogP contribution < -0.4 is 5.32 Å². The predicted octanol–water partition coefficient (Wildman–Crippen LogP) is 3.41. The van der Waals surface area contributed by atoms with Gasteiger partial charge in [-0.05, 0) is 37.0 Å². The monoisotopic (exact) mass is 313 g/mol. The molecular formula is C14H19NO3S2. The van der Waals surface area contributed by atoms with Crippen LogP contribution in [0.2, 0.25) is 0 Å².